The van der Waals surface area contributed by atoms with E-state index in [1.54, 1.807) is 6.92 Å². The van der Waals surface area contributed by atoms with E-state index >= 15 is 0 Å². The molecule has 1 heterocycles. The highest BCUT2D eigenvalue weighted by Gasteiger charge is 2.37. The Morgan fingerprint density at radius 1 is 1.29 bits per heavy atom. The predicted octanol–water partition coefficient (Wildman–Crippen LogP) is 1.61. The smallest absolute Gasteiger partial charge is 0.335 e. The van der Waals surface area contributed by atoms with Crippen molar-refractivity contribution in [1.82, 2.24) is 0 Å². The second kappa shape index (κ2) is 5.43. The van der Waals surface area contributed by atoms with Gasteiger partial charge in [0.1, 0.15) is 0 Å². The second-order valence-corrected chi connectivity index (χ2v) is 4.33. The van der Waals surface area contributed by atoms with Crippen LogP contribution in [0.15, 0.2) is 24.3 Å². The molecule has 1 aliphatic rings. The first-order valence-electron chi connectivity index (χ1n) is 6.07. The van der Waals surface area contributed by atoms with Crippen molar-refractivity contribution in [3.05, 3.63) is 41.5 Å². The van der Waals surface area contributed by atoms with Crippen LogP contribution in [0.25, 0.3) is 0 Å². The van der Waals surface area contributed by atoms with Gasteiger partial charge in [0.05, 0.1) is 24.4 Å². The standard InChI is InChI=1S/C14H11F2NO4/c1-3-21-14(20)7(2)6-17-11-5-10(16)9(15)4-8(11)12(18)13(17)19/h4-5H,2-3,6H2,1H3. The molecule has 110 valence electrons. The quantitative estimate of drug-likeness (QED) is 0.481. The van der Waals surface area contributed by atoms with Crippen LogP contribution in [0.1, 0.15) is 17.3 Å². The summed E-state index contributed by atoms with van der Waals surface area (Å²) in [7, 11) is 0. The average molecular weight is 295 g/mol. The van der Waals surface area contributed by atoms with Crippen LogP contribution >= 0.6 is 0 Å². The summed E-state index contributed by atoms with van der Waals surface area (Å²) in [5, 5.41) is 0. The van der Waals surface area contributed by atoms with Gasteiger partial charge in [-0.25, -0.2) is 13.6 Å². The van der Waals surface area contributed by atoms with Crippen molar-refractivity contribution in [2.75, 3.05) is 18.1 Å². The highest BCUT2D eigenvalue weighted by atomic mass is 19.2. The van der Waals surface area contributed by atoms with Crippen molar-refractivity contribution < 1.29 is 27.9 Å². The van der Waals surface area contributed by atoms with E-state index in [4.69, 9.17) is 4.74 Å². The third-order valence-electron chi connectivity index (χ3n) is 2.93. The van der Waals surface area contributed by atoms with Gasteiger partial charge >= 0.3 is 5.97 Å². The summed E-state index contributed by atoms with van der Waals surface area (Å²) >= 11 is 0. The predicted molar refractivity (Wildman–Crippen MR) is 68.8 cm³/mol. The summed E-state index contributed by atoms with van der Waals surface area (Å²) in [5.41, 5.74) is -0.402. The summed E-state index contributed by atoms with van der Waals surface area (Å²) in [6.07, 6.45) is 0. The molecule has 0 aromatic heterocycles. The van der Waals surface area contributed by atoms with Gasteiger partial charge in [-0.2, -0.15) is 0 Å². The van der Waals surface area contributed by atoms with Gasteiger partial charge in [0.2, 0.25) is 0 Å². The Bertz CT molecular complexity index is 669. The number of halogens is 2. The minimum absolute atomic E-state index is 0.0735. The maximum absolute atomic E-state index is 13.3. The number of anilines is 1. The lowest BCUT2D eigenvalue weighted by Gasteiger charge is -2.17. The molecule has 21 heavy (non-hydrogen) atoms. The molecule has 2 rings (SSSR count). The first kappa shape index (κ1) is 14.8. The van der Waals surface area contributed by atoms with E-state index in [0.29, 0.717) is 6.07 Å². The third kappa shape index (κ3) is 2.54. The molecule has 0 N–H and O–H groups in total. The first-order valence-corrected chi connectivity index (χ1v) is 6.07. The van der Waals surface area contributed by atoms with Crippen LogP contribution in [0.5, 0.6) is 0 Å². The Morgan fingerprint density at radius 2 is 1.90 bits per heavy atom. The van der Waals surface area contributed by atoms with E-state index in [1.165, 1.54) is 0 Å². The van der Waals surface area contributed by atoms with Crippen molar-refractivity contribution in [3.63, 3.8) is 0 Å². The zero-order chi connectivity index (χ0) is 15.7. The lowest BCUT2D eigenvalue weighted by Crippen LogP contribution is -2.33. The van der Waals surface area contributed by atoms with E-state index in [2.05, 4.69) is 6.58 Å². The molecule has 0 radical (unpaired) electrons. The highest BCUT2D eigenvalue weighted by Crippen LogP contribution is 2.31. The Hall–Kier alpha value is -2.57. The number of amides is 1. The number of fused-ring (bicyclic) bond motifs is 1. The number of esters is 1. The fourth-order valence-corrected chi connectivity index (χ4v) is 1.93. The topological polar surface area (TPSA) is 63.7 Å². The van der Waals surface area contributed by atoms with Crippen LogP contribution in [0, 0.1) is 11.6 Å². The molecule has 5 nitrogen and oxygen atoms in total. The average Bonchev–Trinajstić information content (AvgIpc) is 2.65. The SMILES string of the molecule is C=C(CN1C(=O)C(=O)c2cc(F)c(F)cc21)C(=O)OCC. The van der Waals surface area contributed by atoms with E-state index < -0.39 is 29.3 Å². The van der Waals surface area contributed by atoms with Crippen LogP contribution in [0.3, 0.4) is 0 Å². The normalized spacial score (nSPS) is 13.4. The van der Waals surface area contributed by atoms with Crippen LogP contribution in [0.2, 0.25) is 0 Å². The highest BCUT2D eigenvalue weighted by molar-refractivity contribution is 6.52. The zero-order valence-corrected chi connectivity index (χ0v) is 11.1. The van der Waals surface area contributed by atoms with Crippen LogP contribution in [0.4, 0.5) is 14.5 Å². The first-order chi connectivity index (χ1) is 9.86. The molecule has 0 unspecified atom stereocenters. The van der Waals surface area contributed by atoms with Gasteiger partial charge in [-0.1, -0.05) is 6.58 Å². The number of Topliss-reactive ketones (excluding diaryl/α,β-unsaturated/α-hetero) is 1. The van der Waals surface area contributed by atoms with Crippen LogP contribution in [-0.2, 0) is 14.3 Å². The van der Waals surface area contributed by atoms with Crippen molar-refractivity contribution in [1.29, 1.82) is 0 Å². The summed E-state index contributed by atoms with van der Waals surface area (Å²) < 4.78 is 31.1. The van der Waals surface area contributed by atoms with Crippen molar-refractivity contribution >= 4 is 23.3 Å². The molecule has 1 aromatic carbocycles. The number of carbonyl (C=O) groups is 3. The molecule has 0 atom stereocenters. The zero-order valence-electron chi connectivity index (χ0n) is 11.1. The number of nitrogens with zero attached hydrogens (tertiary/aromatic N) is 1. The maximum atomic E-state index is 13.3. The maximum Gasteiger partial charge on any atom is 0.335 e. The summed E-state index contributed by atoms with van der Waals surface area (Å²) in [5.74, 6) is -5.07. The molecule has 1 amide bonds. The third-order valence-corrected chi connectivity index (χ3v) is 2.93. The Balaban J connectivity index is 2.33. The van der Waals surface area contributed by atoms with Gasteiger partial charge in [-0.3, -0.25) is 14.5 Å². The van der Waals surface area contributed by atoms with E-state index in [0.717, 1.165) is 11.0 Å². The van der Waals surface area contributed by atoms with Crippen LogP contribution in [-0.4, -0.2) is 30.8 Å². The molecule has 0 saturated carbocycles. The molecule has 0 bridgehead atoms. The molecule has 1 aromatic rings. The molecule has 0 spiro atoms. The van der Waals surface area contributed by atoms with Crippen LogP contribution < -0.4 is 4.90 Å². The minimum Gasteiger partial charge on any atom is -0.463 e. The summed E-state index contributed by atoms with van der Waals surface area (Å²) in [6, 6.07) is 1.41. The summed E-state index contributed by atoms with van der Waals surface area (Å²) in [6.45, 7) is 4.86. The van der Waals surface area contributed by atoms with Gasteiger partial charge in [0, 0.05) is 11.6 Å². The van der Waals surface area contributed by atoms with Gasteiger partial charge in [0.25, 0.3) is 11.7 Å². The fourth-order valence-electron chi connectivity index (χ4n) is 1.93. The fraction of sp³-hybridized carbons (Fsp3) is 0.214. The number of hydrogen-bond acceptors (Lipinski definition) is 4. The number of ketones is 1. The largest absolute Gasteiger partial charge is 0.463 e. The number of benzene rings is 1. The van der Waals surface area contributed by atoms with Crippen molar-refractivity contribution in [3.8, 4) is 0 Å². The molecule has 0 saturated heterocycles. The van der Waals surface area contributed by atoms with Gasteiger partial charge < -0.3 is 4.74 Å². The van der Waals surface area contributed by atoms with E-state index in [1.807, 2.05) is 0 Å². The lowest BCUT2D eigenvalue weighted by molar-refractivity contribution is -0.138. The number of hydrogen-bond donors (Lipinski definition) is 0. The van der Waals surface area contributed by atoms with Gasteiger partial charge in [-0.15, -0.1) is 0 Å². The van der Waals surface area contributed by atoms with Crippen molar-refractivity contribution in [2.24, 2.45) is 0 Å². The number of carbonyl (C=O) groups excluding carboxylic acids is 3. The Labute approximate surface area is 118 Å². The van der Waals surface area contributed by atoms with E-state index in [-0.39, 0.29) is 30.0 Å². The van der Waals surface area contributed by atoms with Gasteiger partial charge in [-0.05, 0) is 13.0 Å². The number of rotatable bonds is 4. The Morgan fingerprint density at radius 3 is 2.52 bits per heavy atom. The monoisotopic (exact) mass is 295 g/mol. The van der Waals surface area contributed by atoms with Gasteiger partial charge in [0.15, 0.2) is 11.6 Å². The summed E-state index contributed by atoms with van der Waals surface area (Å²) in [4.78, 5) is 35.9. The molecular formula is C14H11F2NO4. The molecule has 0 fully saturated rings. The van der Waals surface area contributed by atoms with E-state index in [9.17, 15) is 23.2 Å². The second-order valence-electron chi connectivity index (χ2n) is 4.33. The lowest BCUT2D eigenvalue weighted by atomic mass is 10.1. The minimum atomic E-state index is -1.22. The van der Waals surface area contributed by atoms with Crippen molar-refractivity contribution in [2.45, 2.75) is 6.92 Å². The molecule has 7 heteroatoms. The molecular weight excluding hydrogens is 284 g/mol. The molecule has 1 aliphatic heterocycles. The Kier molecular flexibility index (Phi) is 3.84. The number of ether oxygens (including phenoxy) is 1. The molecule has 0 aliphatic carbocycles.